The lowest BCUT2D eigenvalue weighted by Crippen LogP contribution is -2.28. The molecule has 0 amide bonds. The minimum Gasteiger partial charge on any atom is -0.454 e. The van der Waals surface area contributed by atoms with E-state index in [1.54, 1.807) is 24.3 Å². The summed E-state index contributed by atoms with van der Waals surface area (Å²) in [5, 5.41) is 0. The number of carbonyl (C=O) groups excluding carboxylic acids is 1. The van der Waals surface area contributed by atoms with Gasteiger partial charge in [0, 0.05) is 23.6 Å². The third-order valence-electron chi connectivity index (χ3n) is 4.42. The highest BCUT2D eigenvalue weighted by molar-refractivity contribution is 9.10. The van der Waals surface area contributed by atoms with Crippen LogP contribution in [-0.4, -0.2) is 38.6 Å². The number of carbonyl (C=O) groups is 1. The number of halogens is 1. The van der Waals surface area contributed by atoms with Gasteiger partial charge in [-0.25, -0.2) is 13.2 Å². The molecule has 0 unspecified atom stereocenters. The van der Waals surface area contributed by atoms with Crippen molar-refractivity contribution in [1.82, 2.24) is 4.31 Å². The third-order valence-corrected chi connectivity index (χ3v) is 7.00. The van der Waals surface area contributed by atoms with Crippen LogP contribution in [0.4, 0.5) is 0 Å². The highest BCUT2D eigenvalue weighted by atomic mass is 79.9. The largest absolute Gasteiger partial charge is 0.454 e. The molecule has 1 fully saturated rings. The van der Waals surface area contributed by atoms with E-state index >= 15 is 0 Å². The number of rotatable bonds is 4. The van der Waals surface area contributed by atoms with Crippen molar-refractivity contribution in [2.45, 2.75) is 17.7 Å². The molecular weight excluding hydrogens is 438 g/mol. The molecule has 2 aliphatic heterocycles. The van der Waals surface area contributed by atoms with E-state index < -0.39 is 16.0 Å². The van der Waals surface area contributed by atoms with Gasteiger partial charge in [0.25, 0.3) is 0 Å². The molecule has 142 valence electrons. The van der Waals surface area contributed by atoms with Gasteiger partial charge in [-0.15, -0.1) is 0 Å². The van der Waals surface area contributed by atoms with Crippen molar-refractivity contribution in [1.29, 1.82) is 0 Å². The number of sulfonamides is 1. The van der Waals surface area contributed by atoms with Crippen molar-refractivity contribution in [3.63, 3.8) is 0 Å². The van der Waals surface area contributed by atoms with Gasteiger partial charge in [0.05, 0.1) is 10.5 Å². The standard InChI is InChI=1S/C18H16BrNO6S/c19-15-5-4-13(27(22,23)20-7-1-2-8-20)10-14(15)18(21)26-12-3-6-16-17(9-12)25-11-24-16/h3-6,9-10H,1-2,7-8,11H2. The lowest BCUT2D eigenvalue weighted by atomic mass is 10.2. The van der Waals surface area contributed by atoms with E-state index in [2.05, 4.69) is 15.9 Å². The van der Waals surface area contributed by atoms with Gasteiger partial charge in [-0.3, -0.25) is 0 Å². The van der Waals surface area contributed by atoms with Gasteiger partial charge in [-0.05, 0) is 59.1 Å². The minimum atomic E-state index is -3.62. The number of hydrogen-bond acceptors (Lipinski definition) is 6. The molecule has 0 saturated carbocycles. The molecule has 0 aliphatic carbocycles. The lowest BCUT2D eigenvalue weighted by molar-refractivity contribution is 0.0733. The molecule has 0 radical (unpaired) electrons. The smallest absolute Gasteiger partial charge is 0.344 e. The molecular formula is C18H16BrNO6S. The van der Waals surface area contributed by atoms with Gasteiger partial charge < -0.3 is 14.2 Å². The molecule has 0 N–H and O–H groups in total. The van der Waals surface area contributed by atoms with Crippen LogP contribution in [0, 0.1) is 0 Å². The lowest BCUT2D eigenvalue weighted by Gasteiger charge is -2.16. The fraction of sp³-hybridized carbons (Fsp3) is 0.278. The Kier molecular flexibility index (Phi) is 4.83. The Morgan fingerprint density at radius 1 is 1.04 bits per heavy atom. The fourth-order valence-corrected chi connectivity index (χ4v) is 4.95. The van der Waals surface area contributed by atoms with Crippen LogP contribution in [0.25, 0.3) is 0 Å². The van der Waals surface area contributed by atoms with Gasteiger partial charge in [0.2, 0.25) is 16.8 Å². The number of fused-ring (bicyclic) bond motifs is 1. The number of hydrogen-bond donors (Lipinski definition) is 0. The molecule has 2 heterocycles. The van der Waals surface area contributed by atoms with E-state index in [1.807, 2.05) is 0 Å². The Balaban J connectivity index is 1.60. The first-order valence-electron chi connectivity index (χ1n) is 8.37. The summed E-state index contributed by atoms with van der Waals surface area (Å²) in [6.45, 7) is 1.11. The maximum absolute atomic E-state index is 12.7. The van der Waals surface area contributed by atoms with Crippen LogP contribution in [0.3, 0.4) is 0 Å². The summed E-state index contributed by atoms with van der Waals surface area (Å²) in [6, 6.07) is 9.15. The predicted molar refractivity (Wildman–Crippen MR) is 99.7 cm³/mol. The average Bonchev–Trinajstić information content (AvgIpc) is 3.33. The third kappa shape index (κ3) is 3.54. The zero-order chi connectivity index (χ0) is 19.0. The number of ether oxygens (including phenoxy) is 3. The maximum Gasteiger partial charge on any atom is 0.344 e. The van der Waals surface area contributed by atoms with Crippen molar-refractivity contribution >= 4 is 31.9 Å². The second-order valence-electron chi connectivity index (χ2n) is 6.16. The van der Waals surface area contributed by atoms with Crippen LogP contribution in [0.2, 0.25) is 0 Å². The van der Waals surface area contributed by atoms with Gasteiger partial charge in [0.1, 0.15) is 5.75 Å². The Bertz CT molecular complexity index is 1000. The number of nitrogens with zero attached hydrogens (tertiary/aromatic N) is 1. The molecule has 0 spiro atoms. The molecule has 4 rings (SSSR count). The second kappa shape index (κ2) is 7.14. The SMILES string of the molecule is O=C(Oc1ccc2c(c1)OCO2)c1cc(S(=O)(=O)N2CCCC2)ccc1Br. The summed E-state index contributed by atoms with van der Waals surface area (Å²) in [6.07, 6.45) is 1.68. The quantitative estimate of drug-likeness (QED) is 0.522. The van der Waals surface area contributed by atoms with Crippen molar-refractivity contribution in [3.05, 3.63) is 46.4 Å². The van der Waals surface area contributed by atoms with E-state index in [0.717, 1.165) is 12.8 Å². The predicted octanol–water partition coefficient (Wildman–Crippen LogP) is 3.18. The van der Waals surface area contributed by atoms with Gasteiger partial charge in [-0.1, -0.05) is 0 Å². The van der Waals surface area contributed by atoms with Crippen LogP contribution >= 0.6 is 15.9 Å². The van der Waals surface area contributed by atoms with Crippen molar-refractivity contribution < 1.29 is 27.4 Å². The first kappa shape index (κ1) is 18.3. The number of benzene rings is 2. The van der Waals surface area contributed by atoms with Crippen LogP contribution in [-0.2, 0) is 10.0 Å². The summed E-state index contributed by atoms with van der Waals surface area (Å²) < 4.78 is 43.2. The summed E-state index contributed by atoms with van der Waals surface area (Å²) in [7, 11) is -3.62. The topological polar surface area (TPSA) is 82.1 Å². The fourth-order valence-electron chi connectivity index (χ4n) is 3.00. The highest BCUT2D eigenvalue weighted by Gasteiger charge is 2.28. The second-order valence-corrected chi connectivity index (χ2v) is 8.95. The van der Waals surface area contributed by atoms with Crippen LogP contribution in [0.15, 0.2) is 45.8 Å². The van der Waals surface area contributed by atoms with Gasteiger partial charge in [0.15, 0.2) is 11.5 Å². The van der Waals surface area contributed by atoms with E-state index in [0.29, 0.717) is 29.1 Å². The molecule has 2 aliphatic rings. The Hall–Kier alpha value is -2.10. The van der Waals surface area contributed by atoms with Crippen LogP contribution < -0.4 is 14.2 Å². The molecule has 0 bridgehead atoms. The zero-order valence-electron chi connectivity index (χ0n) is 14.2. The van der Waals surface area contributed by atoms with Crippen LogP contribution in [0.5, 0.6) is 17.2 Å². The van der Waals surface area contributed by atoms with Crippen molar-refractivity contribution in [2.24, 2.45) is 0 Å². The molecule has 7 nitrogen and oxygen atoms in total. The first-order valence-corrected chi connectivity index (χ1v) is 10.6. The summed E-state index contributed by atoms with van der Waals surface area (Å²) in [5.74, 6) is 0.683. The Morgan fingerprint density at radius 2 is 1.78 bits per heavy atom. The first-order chi connectivity index (χ1) is 12.9. The summed E-state index contributed by atoms with van der Waals surface area (Å²) in [5.41, 5.74) is 0.132. The average molecular weight is 454 g/mol. The molecule has 0 atom stereocenters. The van der Waals surface area contributed by atoms with E-state index in [9.17, 15) is 13.2 Å². The Morgan fingerprint density at radius 3 is 2.56 bits per heavy atom. The van der Waals surface area contributed by atoms with Crippen molar-refractivity contribution in [2.75, 3.05) is 19.9 Å². The molecule has 2 aromatic rings. The molecule has 27 heavy (non-hydrogen) atoms. The summed E-state index contributed by atoms with van der Waals surface area (Å²) in [4.78, 5) is 12.7. The van der Waals surface area contributed by atoms with Crippen molar-refractivity contribution in [3.8, 4) is 17.2 Å². The molecule has 1 saturated heterocycles. The number of esters is 1. The highest BCUT2D eigenvalue weighted by Crippen LogP contribution is 2.35. The van der Waals surface area contributed by atoms with Crippen LogP contribution in [0.1, 0.15) is 23.2 Å². The Labute approximate surface area is 165 Å². The molecule has 2 aromatic carbocycles. The van der Waals surface area contributed by atoms with E-state index in [-0.39, 0.29) is 23.0 Å². The maximum atomic E-state index is 12.7. The summed E-state index contributed by atoms with van der Waals surface area (Å²) >= 11 is 3.29. The minimum absolute atomic E-state index is 0.0743. The molecule has 0 aromatic heterocycles. The van der Waals surface area contributed by atoms with Gasteiger partial charge >= 0.3 is 5.97 Å². The normalized spacial score (nSPS) is 16.5. The monoisotopic (exact) mass is 453 g/mol. The van der Waals surface area contributed by atoms with E-state index in [4.69, 9.17) is 14.2 Å². The van der Waals surface area contributed by atoms with E-state index in [1.165, 1.54) is 16.4 Å². The zero-order valence-corrected chi connectivity index (χ0v) is 16.6. The molecule has 9 heteroatoms. The van der Waals surface area contributed by atoms with Gasteiger partial charge in [-0.2, -0.15) is 4.31 Å².